The number of aryl methyl sites for hydroxylation is 2. The first-order valence-electron chi connectivity index (χ1n) is 5.58. The Morgan fingerprint density at radius 1 is 1.35 bits per heavy atom. The highest BCUT2D eigenvalue weighted by Gasteiger charge is 2.09. The van der Waals surface area contributed by atoms with Crippen LogP contribution in [0.4, 0.5) is 9.52 Å². The lowest BCUT2D eigenvalue weighted by Gasteiger charge is -2.03. The molecule has 17 heavy (non-hydrogen) atoms. The first kappa shape index (κ1) is 12.0. The van der Waals surface area contributed by atoms with E-state index in [0.717, 1.165) is 28.1 Å². The van der Waals surface area contributed by atoms with E-state index >= 15 is 0 Å². The minimum absolute atomic E-state index is 0.185. The van der Waals surface area contributed by atoms with E-state index < -0.39 is 0 Å². The Hall–Kier alpha value is -1.42. The third kappa shape index (κ3) is 2.82. The Morgan fingerprint density at radius 2 is 2.12 bits per heavy atom. The van der Waals surface area contributed by atoms with Crippen molar-refractivity contribution >= 4 is 16.5 Å². The molecule has 0 saturated carbocycles. The number of halogens is 1. The summed E-state index contributed by atoms with van der Waals surface area (Å²) in [6.45, 7) is 3.95. The van der Waals surface area contributed by atoms with Crippen molar-refractivity contribution in [2.45, 2.75) is 26.7 Å². The molecule has 1 aromatic carbocycles. The quantitative estimate of drug-likeness (QED) is 0.907. The fourth-order valence-electron chi connectivity index (χ4n) is 1.92. The lowest BCUT2D eigenvalue weighted by Crippen LogP contribution is -1.93. The number of aromatic nitrogens is 1. The average molecular weight is 250 g/mol. The average Bonchev–Trinajstić information content (AvgIpc) is 2.57. The highest BCUT2D eigenvalue weighted by molar-refractivity contribution is 7.15. The molecule has 0 bridgehead atoms. The first-order valence-corrected chi connectivity index (χ1v) is 6.40. The van der Waals surface area contributed by atoms with Gasteiger partial charge in [0.05, 0.1) is 5.69 Å². The summed E-state index contributed by atoms with van der Waals surface area (Å²) in [5.74, 6) is -0.185. The van der Waals surface area contributed by atoms with Gasteiger partial charge in [-0.2, -0.15) is 0 Å². The summed E-state index contributed by atoms with van der Waals surface area (Å²) in [6, 6.07) is 5.10. The van der Waals surface area contributed by atoms with Gasteiger partial charge in [-0.05, 0) is 36.6 Å². The van der Waals surface area contributed by atoms with Crippen molar-refractivity contribution in [1.29, 1.82) is 0 Å². The molecule has 0 radical (unpaired) electrons. The molecule has 0 spiro atoms. The number of benzene rings is 1. The van der Waals surface area contributed by atoms with E-state index in [1.807, 2.05) is 13.0 Å². The van der Waals surface area contributed by atoms with E-state index in [-0.39, 0.29) is 5.82 Å². The van der Waals surface area contributed by atoms with Crippen molar-refractivity contribution in [2.75, 3.05) is 5.73 Å². The minimum Gasteiger partial charge on any atom is -0.375 e. The van der Waals surface area contributed by atoms with Crippen molar-refractivity contribution in [3.05, 3.63) is 45.7 Å². The van der Waals surface area contributed by atoms with Crippen LogP contribution < -0.4 is 5.73 Å². The van der Waals surface area contributed by atoms with Crippen molar-refractivity contribution in [1.82, 2.24) is 4.98 Å². The van der Waals surface area contributed by atoms with Gasteiger partial charge >= 0.3 is 0 Å². The summed E-state index contributed by atoms with van der Waals surface area (Å²) in [5.41, 5.74) is 8.64. The molecule has 4 heteroatoms. The molecule has 1 heterocycles. The van der Waals surface area contributed by atoms with Gasteiger partial charge in [-0.25, -0.2) is 9.37 Å². The van der Waals surface area contributed by atoms with E-state index in [1.54, 1.807) is 6.07 Å². The lowest BCUT2D eigenvalue weighted by atomic mass is 10.1. The van der Waals surface area contributed by atoms with Gasteiger partial charge in [0.1, 0.15) is 5.82 Å². The molecule has 1 aromatic heterocycles. The summed E-state index contributed by atoms with van der Waals surface area (Å²) in [5, 5.41) is 0.588. The predicted molar refractivity (Wildman–Crippen MR) is 69.8 cm³/mol. The van der Waals surface area contributed by atoms with Gasteiger partial charge in [-0.3, -0.25) is 0 Å². The lowest BCUT2D eigenvalue weighted by molar-refractivity contribution is 0.624. The van der Waals surface area contributed by atoms with E-state index in [4.69, 9.17) is 5.73 Å². The van der Waals surface area contributed by atoms with Gasteiger partial charge in [0.15, 0.2) is 5.13 Å². The van der Waals surface area contributed by atoms with Crippen molar-refractivity contribution in [3.8, 4) is 0 Å². The minimum atomic E-state index is -0.185. The van der Waals surface area contributed by atoms with Crippen LogP contribution in [0.25, 0.3) is 0 Å². The van der Waals surface area contributed by atoms with Gasteiger partial charge in [0, 0.05) is 11.3 Å². The molecular formula is C13H15FN2S. The molecule has 0 unspecified atom stereocenters. The fraction of sp³-hybridized carbons (Fsp3) is 0.308. The zero-order chi connectivity index (χ0) is 12.4. The van der Waals surface area contributed by atoms with Crippen LogP contribution in [0.2, 0.25) is 0 Å². The number of nitrogen functional groups attached to an aromatic ring is 1. The number of hydrogen-bond acceptors (Lipinski definition) is 3. The van der Waals surface area contributed by atoms with Gasteiger partial charge in [0.25, 0.3) is 0 Å². The molecule has 0 atom stereocenters. The normalized spacial score (nSPS) is 10.8. The Kier molecular flexibility index (Phi) is 3.43. The molecule has 0 aliphatic heterocycles. The number of thiazole rings is 1. The maximum Gasteiger partial charge on any atom is 0.180 e. The molecule has 0 saturated heterocycles. The zero-order valence-electron chi connectivity index (χ0n) is 9.96. The van der Waals surface area contributed by atoms with Crippen molar-refractivity contribution < 1.29 is 4.39 Å². The van der Waals surface area contributed by atoms with E-state index in [1.165, 1.54) is 17.4 Å². The van der Waals surface area contributed by atoms with E-state index in [2.05, 4.69) is 11.9 Å². The number of anilines is 1. The predicted octanol–water partition coefficient (Wildman–Crippen LogP) is 3.33. The molecular weight excluding hydrogens is 235 g/mol. The smallest absolute Gasteiger partial charge is 0.180 e. The molecule has 2 N–H and O–H groups in total. The topological polar surface area (TPSA) is 38.9 Å². The Labute approximate surface area is 104 Å². The second-order valence-corrected chi connectivity index (χ2v) is 5.20. The number of hydrogen-bond donors (Lipinski definition) is 1. The second-order valence-electron chi connectivity index (χ2n) is 4.09. The van der Waals surface area contributed by atoms with Crippen LogP contribution in [-0.4, -0.2) is 4.98 Å². The zero-order valence-corrected chi connectivity index (χ0v) is 10.8. The number of rotatable bonds is 3. The van der Waals surface area contributed by atoms with Crippen LogP contribution in [0.3, 0.4) is 0 Å². The monoisotopic (exact) mass is 250 g/mol. The second kappa shape index (κ2) is 4.84. The number of nitrogens with two attached hydrogens (primary N) is 1. The maximum atomic E-state index is 13.3. The Balaban J connectivity index is 2.30. The van der Waals surface area contributed by atoms with Crippen LogP contribution >= 0.6 is 11.3 Å². The van der Waals surface area contributed by atoms with Gasteiger partial charge in [-0.1, -0.05) is 13.0 Å². The maximum absolute atomic E-state index is 13.3. The standard InChI is InChI=1S/C13H15FN2S/c1-3-11-12(17-13(15)16-11)7-9-4-8(2)5-10(14)6-9/h4-6H,3,7H2,1-2H3,(H2,15,16). The first-order chi connectivity index (χ1) is 8.08. The molecule has 2 nitrogen and oxygen atoms in total. The molecule has 90 valence electrons. The number of nitrogens with zero attached hydrogens (tertiary/aromatic N) is 1. The SMILES string of the molecule is CCc1nc(N)sc1Cc1cc(C)cc(F)c1. The highest BCUT2D eigenvalue weighted by atomic mass is 32.1. The van der Waals surface area contributed by atoms with Crippen LogP contribution in [0, 0.1) is 12.7 Å². The molecule has 0 aliphatic carbocycles. The van der Waals surface area contributed by atoms with Crippen LogP contribution in [0.5, 0.6) is 0 Å². The molecule has 0 fully saturated rings. The Bertz CT molecular complexity index is 514. The summed E-state index contributed by atoms with van der Waals surface area (Å²) < 4.78 is 13.3. The van der Waals surface area contributed by atoms with Gasteiger partial charge in [0.2, 0.25) is 0 Å². The van der Waals surface area contributed by atoms with Crippen LogP contribution in [0.1, 0.15) is 28.6 Å². The van der Waals surface area contributed by atoms with Crippen LogP contribution in [0.15, 0.2) is 18.2 Å². The highest BCUT2D eigenvalue weighted by Crippen LogP contribution is 2.24. The van der Waals surface area contributed by atoms with Crippen molar-refractivity contribution in [2.24, 2.45) is 0 Å². The summed E-state index contributed by atoms with van der Waals surface area (Å²) in [4.78, 5) is 5.41. The van der Waals surface area contributed by atoms with Crippen molar-refractivity contribution in [3.63, 3.8) is 0 Å². The fourth-order valence-corrected chi connectivity index (χ4v) is 2.87. The van der Waals surface area contributed by atoms with Gasteiger partial charge < -0.3 is 5.73 Å². The third-order valence-electron chi connectivity index (χ3n) is 2.60. The summed E-state index contributed by atoms with van der Waals surface area (Å²) >= 11 is 1.49. The van der Waals surface area contributed by atoms with E-state index in [9.17, 15) is 4.39 Å². The summed E-state index contributed by atoms with van der Waals surface area (Å²) in [7, 11) is 0. The van der Waals surface area contributed by atoms with Crippen LogP contribution in [-0.2, 0) is 12.8 Å². The molecule has 0 aliphatic rings. The largest absolute Gasteiger partial charge is 0.375 e. The summed E-state index contributed by atoms with van der Waals surface area (Å²) in [6.07, 6.45) is 1.56. The molecule has 0 amide bonds. The third-order valence-corrected chi connectivity index (χ3v) is 3.52. The van der Waals surface area contributed by atoms with E-state index in [0.29, 0.717) is 11.6 Å². The van der Waals surface area contributed by atoms with Gasteiger partial charge in [-0.15, -0.1) is 11.3 Å². The Morgan fingerprint density at radius 3 is 2.76 bits per heavy atom. The molecule has 2 rings (SSSR count). The molecule has 2 aromatic rings.